The monoisotopic (exact) mass is 361 g/mol. The predicted molar refractivity (Wildman–Crippen MR) is 98.4 cm³/mol. The molecule has 142 valence electrons. The van der Waals surface area contributed by atoms with E-state index in [1.807, 2.05) is 0 Å². The SMILES string of the molecule is COc1ccc(CC(=O)OCC(=O)NCCC2=CCCCC2)cc1OC. The zero-order valence-electron chi connectivity index (χ0n) is 15.5. The molecule has 0 radical (unpaired) electrons. The summed E-state index contributed by atoms with van der Waals surface area (Å²) >= 11 is 0. The van der Waals surface area contributed by atoms with Gasteiger partial charge in [-0.1, -0.05) is 17.7 Å². The summed E-state index contributed by atoms with van der Waals surface area (Å²) < 4.78 is 15.4. The molecule has 6 heteroatoms. The van der Waals surface area contributed by atoms with E-state index in [9.17, 15) is 9.59 Å². The van der Waals surface area contributed by atoms with Crippen LogP contribution in [0.15, 0.2) is 29.8 Å². The van der Waals surface area contributed by atoms with Crippen LogP contribution in [0.3, 0.4) is 0 Å². The summed E-state index contributed by atoms with van der Waals surface area (Å²) in [5, 5.41) is 2.79. The van der Waals surface area contributed by atoms with E-state index in [1.165, 1.54) is 25.5 Å². The van der Waals surface area contributed by atoms with Crippen molar-refractivity contribution >= 4 is 11.9 Å². The van der Waals surface area contributed by atoms with Crippen LogP contribution in [0, 0.1) is 0 Å². The summed E-state index contributed by atoms with van der Waals surface area (Å²) in [6.07, 6.45) is 7.94. The first-order valence-electron chi connectivity index (χ1n) is 8.93. The molecule has 1 aromatic rings. The van der Waals surface area contributed by atoms with Crippen LogP contribution < -0.4 is 14.8 Å². The van der Waals surface area contributed by atoms with Crippen molar-refractivity contribution in [1.82, 2.24) is 5.32 Å². The first-order chi connectivity index (χ1) is 12.6. The molecule has 0 unspecified atom stereocenters. The maximum absolute atomic E-state index is 11.9. The quantitative estimate of drug-likeness (QED) is 0.541. The third kappa shape index (κ3) is 6.43. The molecule has 0 saturated carbocycles. The lowest BCUT2D eigenvalue weighted by Crippen LogP contribution is -2.30. The Morgan fingerprint density at radius 2 is 1.92 bits per heavy atom. The van der Waals surface area contributed by atoms with E-state index in [0.29, 0.717) is 18.0 Å². The zero-order valence-corrected chi connectivity index (χ0v) is 15.5. The first-order valence-corrected chi connectivity index (χ1v) is 8.93. The molecule has 26 heavy (non-hydrogen) atoms. The van der Waals surface area contributed by atoms with E-state index < -0.39 is 5.97 Å². The summed E-state index contributed by atoms with van der Waals surface area (Å²) in [7, 11) is 3.09. The maximum Gasteiger partial charge on any atom is 0.310 e. The Kier molecular flexibility index (Phi) is 7.99. The van der Waals surface area contributed by atoms with Crippen molar-refractivity contribution in [2.24, 2.45) is 0 Å². The van der Waals surface area contributed by atoms with Gasteiger partial charge in [0.05, 0.1) is 20.6 Å². The number of nitrogens with one attached hydrogen (secondary N) is 1. The van der Waals surface area contributed by atoms with Crippen molar-refractivity contribution < 1.29 is 23.8 Å². The highest BCUT2D eigenvalue weighted by molar-refractivity contribution is 5.81. The van der Waals surface area contributed by atoms with Crippen molar-refractivity contribution in [2.45, 2.75) is 38.5 Å². The molecule has 1 aromatic carbocycles. The van der Waals surface area contributed by atoms with Crippen LogP contribution in [0.4, 0.5) is 0 Å². The smallest absolute Gasteiger partial charge is 0.310 e. The average Bonchev–Trinajstić information content (AvgIpc) is 2.67. The van der Waals surface area contributed by atoms with Crippen LogP contribution in [-0.2, 0) is 20.7 Å². The standard InChI is InChI=1S/C20H27NO5/c1-24-17-9-8-16(12-18(17)25-2)13-20(23)26-14-19(22)21-11-10-15-6-4-3-5-7-15/h6,8-9,12H,3-5,7,10-11,13-14H2,1-2H3,(H,21,22). The molecule has 6 nitrogen and oxygen atoms in total. The topological polar surface area (TPSA) is 73.9 Å². The lowest BCUT2D eigenvalue weighted by molar-refractivity contribution is -0.147. The van der Waals surface area contributed by atoms with Crippen molar-refractivity contribution in [1.29, 1.82) is 0 Å². The first kappa shape index (κ1) is 19.8. The van der Waals surface area contributed by atoms with Crippen molar-refractivity contribution in [3.05, 3.63) is 35.4 Å². The number of hydrogen-bond acceptors (Lipinski definition) is 5. The van der Waals surface area contributed by atoms with E-state index in [2.05, 4.69) is 11.4 Å². The number of hydrogen-bond donors (Lipinski definition) is 1. The molecular weight excluding hydrogens is 334 g/mol. The van der Waals surface area contributed by atoms with E-state index >= 15 is 0 Å². The number of esters is 1. The van der Waals surface area contributed by atoms with Gasteiger partial charge in [-0.15, -0.1) is 0 Å². The Balaban J connectivity index is 1.69. The average molecular weight is 361 g/mol. The molecule has 0 spiro atoms. The third-order valence-electron chi connectivity index (χ3n) is 4.31. The molecule has 0 heterocycles. The number of carbonyl (C=O) groups excluding carboxylic acids is 2. The molecule has 0 bridgehead atoms. The summed E-state index contributed by atoms with van der Waals surface area (Å²) in [6, 6.07) is 5.22. The van der Waals surface area contributed by atoms with Gasteiger partial charge in [0.15, 0.2) is 18.1 Å². The Bertz CT molecular complexity index is 654. The Morgan fingerprint density at radius 3 is 2.62 bits per heavy atom. The predicted octanol–water partition coefficient (Wildman–Crippen LogP) is 2.80. The second kappa shape index (κ2) is 10.5. The molecule has 1 aliphatic rings. The van der Waals surface area contributed by atoms with Crippen molar-refractivity contribution in [2.75, 3.05) is 27.4 Å². The minimum atomic E-state index is -0.456. The van der Waals surface area contributed by atoms with Crippen molar-refractivity contribution in [3.8, 4) is 11.5 Å². The van der Waals surface area contributed by atoms with Gasteiger partial charge in [0.2, 0.25) is 0 Å². The summed E-state index contributed by atoms with van der Waals surface area (Å²) in [5.74, 6) is 0.411. The normalized spacial score (nSPS) is 13.5. The number of benzene rings is 1. The summed E-state index contributed by atoms with van der Waals surface area (Å²) in [5.41, 5.74) is 2.14. The fourth-order valence-corrected chi connectivity index (χ4v) is 2.90. The Hall–Kier alpha value is -2.50. The zero-order chi connectivity index (χ0) is 18.8. The van der Waals surface area contributed by atoms with Gasteiger partial charge in [0, 0.05) is 6.54 Å². The van der Waals surface area contributed by atoms with E-state index in [0.717, 1.165) is 24.8 Å². The van der Waals surface area contributed by atoms with Gasteiger partial charge in [-0.25, -0.2) is 0 Å². The fraction of sp³-hybridized carbons (Fsp3) is 0.500. The number of methoxy groups -OCH3 is 2. The number of rotatable bonds is 9. The highest BCUT2D eigenvalue weighted by atomic mass is 16.5. The number of ether oxygens (including phenoxy) is 3. The number of amides is 1. The van der Waals surface area contributed by atoms with Crippen molar-refractivity contribution in [3.63, 3.8) is 0 Å². The van der Waals surface area contributed by atoms with Crippen LogP contribution >= 0.6 is 0 Å². The van der Waals surface area contributed by atoms with Gasteiger partial charge in [-0.3, -0.25) is 9.59 Å². The molecule has 0 aliphatic heterocycles. The summed E-state index contributed by atoms with van der Waals surface area (Å²) in [6.45, 7) is 0.322. The minimum Gasteiger partial charge on any atom is -0.493 e. The lowest BCUT2D eigenvalue weighted by Gasteiger charge is -2.13. The van der Waals surface area contributed by atoms with Gasteiger partial charge < -0.3 is 19.5 Å². The maximum atomic E-state index is 11.9. The molecule has 0 saturated heterocycles. The van der Waals surface area contributed by atoms with E-state index in [4.69, 9.17) is 14.2 Å². The highest BCUT2D eigenvalue weighted by Gasteiger charge is 2.11. The van der Waals surface area contributed by atoms with Gasteiger partial charge in [0.1, 0.15) is 0 Å². The second-order valence-corrected chi connectivity index (χ2v) is 6.23. The molecule has 1 amide bonds. The Labute approximate surface area is 154 Å². The molecule has 1 aliphatic carbocycles. The molecular formula is C20H27NO5. The Morgan fingerprint density at radius 1 is 1.12 bits per heavy atom. The fourth-order valence-electron chi connectivity index (χ4n) is 2.90. The highest BCUT2D eigenvalue weighted by Crippen LogP contribution is 2.27. The minimum absolute atomic E-state index is 0.0700. The van der Waals surface area contributed by atoms with Crippen LogP contribution in [-0.4, -0.2) is 39.2 Å². The number of carbonyl (C=O) groups is 2. The van der Waals surface area contributed by atoms with Crippen LogP contribution in [0.2, 0.25) is 0 Å². The number of allylic oxidation sites excluding steroid dienone is 1. The molecule has 2 rings (SSSR count). The van der Waals surface area contributed by atoms with Gasteiger partial charge in [-0.05, 0) is 49.8 Å². The van der Waals surface area contributed by atoms with Crippen LogP contribution in [0.5, 0.6) is 11.5 Å². The van der Waals surface area contributed by atoms with E-state index in [1.54, 1.807) is 25.3 Å². The molecule has 0 fully saturated rings. The third-order valence-corrected chi connectivity index (χ3v) is 4.31. The van der Waals surface area contributed by atoms with Gasteiger partial charge >= 0.3 is 5.97 Å². The van der Waals surface area contributed by atoms with Crippen LogP contribution in [0.25, 0.3) is 0 Å². The van der Waals surface area contributed by atoms with Crippen LogP contribution in [0.1, 0.15) is 37.7 Å². The largest absolute Gasteiger partial charge is 0.493 e. The lowest BCUT2D eigenvalue weighted by atomic mass is 9.97. The van der Waals surface area contributed by atoms with E-state index in [-0.39, 0.29) is 18.9 Å². The second-order valence-electron chi connectivity index (χ2n) is 6.23. The van der Waals surface area contributed by atoms with Gasteiger partial charge in [0.25, 0.3) is 5.91 Å². The molecule has 0 aromatic heterocycles. The molecule has 0 atom stereocenters. The van der Waals surface area contributed by atoms with Gasteiger partial charge in [-0.2, -0.15) is 0 Å². The molecule has 1 N–H and O–H groups in total. The summed E-state index contributed by atoms with van der Waals surface area (Å²) in [4.78, 5) is 23.7.